The van der Waals surface area contributed by atoms with E-state index in [0.717, 1.165) is 11.1 Å². The van der Waals surface area contributed by atoms with Crippen molar-refractivity contribution in [3.8, 4) is 0 Å². The number of hydrogen-bond acceptors (Lipinski definition) is 4. The van der Waals surface area contributed by atoms with Gasteiger partial charge in [-0.25, -0.2) is 9.97 Å². The van der Waals surface area contributed by atoms with Crippen LogP contribution in [-0.2, 0) is 11.2 Å². The smallest absolute Gasteiger partial charge is 0.309 e. The first-order valence-corrected chi connectivity index (χ1v) is 6.97. The summed E-state index contributed by atoms with van der Waals surface area (Å²) in [7, 11) is 0. The number of fused-ring (bicyclic) bond motifs is 1. The maximum Gasteiger partial charge on any atom is 0.309 e. The van der Waals surface area contributed by atoms with Crippen LogP contribution in [0.1, 0.15) is 33.5 Å². The molecule has 0 radical (unpaired) electrons. The summed E-state index contributed by atoms with van der Waals surface area (Å²) in [6, 6.07) is 8.43. The molecule has 112 valence electrons. The zero-order valence-corrected chi connectivity index (χ0v) is 12.0. The van der Waals surface area contributed by atoms with Crippen LogP contribution in [0, 0.1) is 12.8 Å². The van der Waals surface area contributed by atoms with Gasteiger partial charge >= 0.3 is 5.97 Å². The molecule has 2 aromatic rings. The summed E-state index contributed by atoms with van der Waals surface area (Å²) in [4.78, 5) is 31.8. The number of benzene rings is 1. The van der Waals surface area contributed by atoms with E-state index in [1.54, 1.807) is 6.92 Å². The van der Waals surface area contributed by atoms with Gasteiger partial charge in [-0.3, -0.25) is 9.59 Å². The number of carboxylic acid groups (broad SMARTS) is 1. The van der Waals surface area contributed by atoms with Crippen LogP contribution in [0.5, 0.6) is 0 Å². The van der Waals surface area contributed by atoms with E-state index in [2.05, 4.69) is 15.3 Å². The Bertz CT molecular complexity index is 745. The molecule has 1 amide bonds. The average Bonchev–Trinajstić information content (AvgIpc) is 2.86. The van der Waals surface area contributed by atoms with Crippen LogP contribution < -0.4 is 5.32 Å². The van der Waals surface area contributed by atoms with E-state index in [4.69, 9.17) is 0 Å². The predicted molar refractivity (Wildman–Crippen MR) is 78.2 cm³/mol. The molecular formula is C16H15N3O3. The highest BCUT2D eigenvalue weighted by Crippen LogP contribution is 2.36. The van der Waals surface area contributed by atoms with Crippen LogP contribution in [0.15, 0.2) is 36.5 Å². The highest BCUT2D eigenvalue weighted by molar-refractivity contribution is 5.93. The number of aromatic nitrogens is 2. The lowest BCUT2D eigenvalue weighted by atomic mass is 10.0. The molecule has 0 bridgehead atoms. The molecule has 1 aromatic heterocycles. The van der Waals surface area contributed by atoms with Crippen LogP contribution in [0.4, 0.5) is 0 Å². The van der Waals surface area contributed by atoms with Crippen molar-refractivity contribution < 1.29 is 14.7 Å². The van der Waals surface area contributed by atoms with Gasteiger partial charge in [-0.2, -0.15) is 0 Å². The SMILES string of the molecule is Cc1nccc(C(=O)N[C@H]2c3ccccc3C[C@H]2C(=O)O)n1. The molecule has 6 nitrogen and oxygen atoms in total. The van der Waals surface area contributed by atoms with Gasteiger partial charge in [0.1, 0.15) is 11.5 Å². The van der Waals surface area contributed by atoms with Crippen LogP contribution >= 0.6 is 0 Å². The van der Waals surface area contributed by atoms with Gasteiger partial charge in [0.15, 0.2) is 0 Å². The Balaban J connectivity index is 1.89. The minimum atomic E-state index is -0.916. The molecule has 3 rings (SSSR count). The molecule has 1 aliphatic carbocycles. The van der Waals surface area contributed by atoms with E-state index in [0.29, 0.717) is 12.2 Å². The van der Waals surface area contributed by atoms with Crippen molar-refractivity contribution in [3.63, 3.8) is 0 Å². The fraction of sp³-hybridized carbons (Fsp3) is 0.250. The number of carbonyl (C=O) groups excluding carboxylic acids is 1. The average molecular weight is 297 g/mol. The topological polar surface area (TPSA) is 92.2 Å². The first kappa shape index (κ1) is 14.2. The second-order valence-corrected chi connectivity index (χ2v) is 5.29. The van der Waals surface area contributed by atoms with Crippen molar-refractivity contribution in [2.24, 2.45) is 5.92 Å². The molecule has 22 heavy (non-hydrogen) atoms. The van der Waals surface area contributed by atoms with Gasteiger partial charge in [-0.15, -0.1) is 0 Å². The third-order valence-electron chi connectivity index (χ3n) is 3.84. The minimum absolute atomic E-state index is 0.237. The number of rotatable bonds is 3. The molecule has 2 atom stereocenters. The van der Waals surface area contributed by atoms with Crippen molar-refractivity contribution in [3.05, 3.63) is 59.2 Å². The van der Waals surface area contributed by atoms with Crippen molar-refractivity contribution >= 4 is 11.9 Å². The van der Waals surface area contributed by atoms with Crippen molar-refractivity contribution in [2.75, 3.05) is 0 Å². The first-order chi connectivity index (χ1) is 10.6. The van der Waals surface area contributed by atoms with Crippen LogP contribution in [-0.4, -0.2) is 27.0 Å². The standard InChI is InChI=1S/C16H15N3O3/c1-9-17-7-6-13(18-9)15(20)19-14-11-5-3-2-4-10(11)8-12(14)16(21)22/h2-7,12,14H,8H2,1H3,(H,19,20)(H,21,22)/t12-,14+/m1/s1. The molecule has 6 heteroatoms. The van der Waals surface area contributed by atoms with E-state index in [9.17, 15) is 14.7 Å². The summed E-state index contributed by atoms with van der Waals surface area (Å²) in [5, 5.41) is 12.2. The molecule has 0 aliphatic heterocycles. The molecule has 1 heterocycles. The van der Waals surface area contributed by atoms with Gasteiger partial charge in [0, 0.05) is 6.20 Å². The summed E-state index contributed by atoms with van der Waals surface area (Å²) in [6.07, 6.45) is 1.92. The van der Waals surface area contributed by atoms with E-state index in [-0.39, 0.29) is 5.69 Å². The molecule has 1 aliphatic rings. The van der Waals surface area contributed by atoms with Gasteiger partial charge in [0.25, 0.3) is 5.91 Å². The van der Waals surface area contributed by atoms with Gasteiger partial charge in [-0.1, -0.05) is 24.3 Å². The Kier molecular flexibility index (Phi) is 3.58. The zero-order chi connectivity index (χ0) is 15.7. The van der Waals surface area contributed by atoms with Crippen molar-refractivity contribution in [1.82, 2.24) is 15.3 Å². The molecule has 0 saturated carbocycles. The van der Waals surface area contributed by atoms with E-state index < -0.39 is 23.8 Å². The number of nitrogens with zero attached hydrogens (tertiary/aromatic N) is 2. The lowest BCUT2D eigenvalue weighted by Crippen LogP contribution is -2.35. The Hall–Kier alpha value is -2.76. The van der Waals surface area contributed by atoms with E-state index in [1.807, 2.05) is 24.3 Å². The molecule has 0 unspecified atom stereocenters. The second-order valence-electron chi connectivity index (χ2n) is 5.29. The van der Waals surface area contributed by atoms with Gasteiger partial charge in [0.05, 0.1) is 12.0 Å². The number of amides is 1. The Labute approximate surface area is 127 Å². The predicted octanol–water partition coefficient (Wildman–Crippen LogP) is 1.51. The summed E-state index contributed by atoms with van der Waals surface area (Å²) < 4.78 is 0. The molecule has 1 aromatic carbocycles. The number of hydrogen-bond donors (Lipinski definition) is 2. The molecule has 2 N–H and O–H groups in total. The highest BCUT2D eigenvalue weighted by Gasteiger charge is 2.38. The normalized spacial score (nSPS) is 19.5. The summed E-state index contributed by atoms with van der Waals surface area (Å²) in [5.74, 6) is -1.47. The quantitative estimate of drug-likeness (QED) is 0.896. The Morgan fingerprint density at radius 3 is 2.77 bits per heavy atom. The Morgan fingerprint density at radius 1 is 1.27 bits per heavy atom. The summed E-state index contributed by atoms with van der Waals surface area (Å²) >= 11 is 0. The maximum atomic E-state index is 12.3. The second kappa shape index (κ2) is 5.55. The van der Waals surface area contributed by atoms with Crippen LogP contribution in [0.3, 0.4) is 0 Å². The summed E-state index contributed by atoms with van der Waals surface area (Å²) in [6.45, 7) is 1.70. The monoisotopic (exact) mass is 297 g/mol. The highest BCUT2D eigenvalue weighted by atomic mass is 16.4. The lowest BCUT2D eigenvalue weighted by molar-refractivity contribution is -0.142. The Morgan fingerprint density at radius 2 is 2.05 bits per heavy atom. The largest absolute Gasteiger partial charge is 0.481 e. The third kappa shape index (κ3) is 2.55. The summed E-state index contributed by atoms with van der Waals surface area (Å²) in [5.41, 5.74) is 2.05. The van der Waals surface area contributed by atoms with Crippen molar-refractivity contribution in [1.29, 1.82) is 0 Å². The number of carboxylic acids is 1. The number of aliphatic carboxylic acids is 1. The lowest BCUT2D eigenvalue weighted by Gasteiger charge is -2.18. The number of aryl methyl sites for hydroxylation is 1. The van der Waals surface area contributed by atoms with Gasteiger partial charge < -0.3 is 10.4 Å². The molecule has 0 fully saturated rings. The fourth-order valence-electron chi connectivity index (χ4n) is 2.80. The molecule has 0 spiro atoms. The maximum absolute atomic E-state index is 12.3. The number of carbonyl (C=O) groups is 2. The van der Waals surface area contributed by atoms with Gasteiger partial charge in [-0.05, 0) is 30.5 Å². The molecular weight excluding hydrogens is 282 g/mol. The number of nitrogens with one attached hydrogen (secondary N) is 1. The van der Waals surface area contributed by atoms with E-state index >= 15 is 0 Å². The fourth-order valence-corrected chi connectivity index (χ4v) is 2.80. The van der Waals surface area contributed by atoms with E-state index in [1.165, 1.54) is 12.3 Å². The third-order valence-corrected chi connectivity index (χ3v) is 3.84. The minimum Gasteiger partial charge on any atom is -0.481 e. The van der Waals surface area contributed by atoms with Crippen LogP contribution in [0.25, 0.3) is 0 Å². The van der Waals surface area contributed by atoms with Crippen molar-refractivity contribution in [2.45, 2.75) is 19.4 Å². The van der Waals surface area contributed by atoms with Crippen LogP contribution in [0.2, 0.25) is 0 Å². The first-order valence-electron chi connectivity index (χ1n) is 6.97. The molecule has 0 saturated heterocycles. The zero-order valence-electron chi connectivity index (χ0n) is 12.0. The van der Waals surface area contributed by atoms with Gasteiger partial charge in [0.2, 0.25) is 0 Å².